The van der Waals surface area contributed by atoms with Crippen LogP contribution in [-0.2, 0) is 0 Å². The van der Waals surface area contributed by atoms with Crippen LogP contribution in [0.25, 0.3) is 12.2 Å². The molecule has 1 aromatic heterocycles. The molecular formula is C19H23N3O. The van der Waals surface area contributed by atoms with Crippen LogP contribution in [0.2, 0.25) is 0 Å². The first kappa shape index (κ1) is 16.7. The molecule has 0 saturated heterocycles. The van der Waals surface area contributed by atoms with Gasteiger partial charge in [0.15, 0.2) is 0 Å². The minimum Gasteiger partial charge on any atom is -0.333 e. The van der Waals surface area contributed by atoms with E-state index in [-0.39, 0.29) is 11.6 Å². The first-order chi connectivity index (χ1) is 10.8. The molecule has 0 aliphatic rings. The van der Waals surface area contributed by atoms with Gasteiger partial charge in [0.25, 0.3) is 0 Å². The quantitative estimate of drug-likeness (QED) is 0.878. The van der Waals surface area contributed by atoms with Crippen LogP contribution in [-0.4, -0.2) is 16.6 Å². The van der Waals surface area contributed by atoms with Crippen molar-refractivity contribution in [3.05, 3.63) is 59.4 Å². The number of aryl methyl sites for hydroxylation is 1. The molecule has 0 unspecified atom stereocenters. The van der Waals surface area contributed by atoms with Gasteiger partial charge in [-0.2, -0.15) is 0 Å². The lowest BCUT2D eigenvalue weighted by molar-refractivity contribution is 0.244. The van der Waals surface area contributed by atoms with Crippen molar-refractivity contribution in [1.29, 1.82) is 0 Å². The second kappa shape index (κ2) is 7.09. The number of carbonyl (C=O) groups is 1. The number of hydrogen-bond donors (Lipinski definition) is 2. The Kier molecular flexibility index (Phi) is 5.16. The minimum absolute atomic E-state index is 0.209. The zero-order valence-electron chi connectivity index (χ0n) is 14.1. The van der Waals surface area contributed by atoms with Crippen molar-refractivity contribution in [2.24, 2.45) is 0 Å². The highest BCUT2D eigenvalue weighted by molar-refractivity contribution is 5.90. The van der Waals surface area contributed by atoms with Crippen LogP contribution in [0, 0.1) is 6.92 Å². The van der Waals surface area contributed by atoms with Crippen LogP contribution < -0.4 is 10.6 Å². The molecule has 0 saturated carbocycles. The maximum atomic E-state index is 11.9. The van der Waals surface area contributed by atoms with Gasteiger partial charge in [-0.05, 0) is 63.6 Å². The summed E-state index contributed by atoms with van der Waals surface area (Å²) in [4.78, 5) is 16.3. The Balaban J connectivity index is 2.06. The zero-order valence-corrected chi connectivity index (χ0v) is 14.1. The van der Waals surface area contributed by atoms with E-state index in [0.717, 1.165) is 22.6 Å². The summed E-state index contributed by atoms with van der Waals surface area (Å²) in [6.07, 6.45) is 3.94. The third-order valence-corrected chi connectivity index (χ3v) is 2.99. The molecule has 0 atom stereocenters. The molecule has 0 spiro atoms. The van der Waals surface area contributed by atoms with Gasteiger partial charge < -0.3 is 10.6 Å². The van der Waals surface area contributed by atoms with E-state index in [4.69, 9.17) is 0 Å². The molecule has 0 fully saturated rings. The molecule has 0 radical (unpaired) electrons. The fraction of sp³-hybridized carbons (Fsp3) is 0.263. The lowest BCUT2D eigenvalue weighted by Crippen LogP contribution is -2.43. The fourth-order valence-corrected chi connectivity index (χ4v) is 2.06. The van der Waals surface area contributed by atoms with Gasteiger partial charge in [0.1, 0.15) is 0 Å². The van der Waals surface area contributed by atoms with E-state index in [0.29, 0.717) is 0 Å². The van der Waals surface area contributed by atoms with Crippen LogP contribution in [0.5, 0.6) is 0 Å². The average molecular weight is 309 g/mol. The summed E-state index contributed by atoms with van der Waals surface area (Å²) in [5.41, 5.74) is 3.39. The molecule has 2 aromatic rings. The Hall–Kier alpha value is -2.62. The molecule has 0 aliphatic carbocycles. The highest BCUT2D eigenvalue weighted by Gasteiger charge is 2.13. The van der Waals surface area contributed by atoms with Crippen molar-refractivity contribution in [3.63, 3.8) is 0 Å². The lowest BCUT2D eigenvalue weighted by atomic mass is 10.1. The van der Waals surface area contributed by atoms with E-state index in [2.05, 4.69) is 15.6 Å². The summed E-state index contributed by atoms with van der Waals surface area (Å²) in [6.45, 7) is 7.80. The van der Waals surface area contributed by atoms with E-state index >= 15 is 0 Å². The van der Waals surface area contributed by atoms with E-state index in [9.17, 15) is 4.79 Å². The number of nitrogens with one attached hydrogen (secondary N) is 2. The van der Waals surface area contributed by atoms with Gasteiger partial charge >= 0.3 is 6.03 Å². The number of pyridine rings is 1. The Morgan fingerprint density at radius 2 is 1.83 bits per heavy atom. The summed E-state index contributed by atoms with van der Waals surface area (Å²) in [7, 11) is 0. The van der Waals surface area contributed by atoms with E-state index in [1.807, 2.05) is 82.3 Å². The molecule has 2 amide bonds. The standard InChI is InChI=1S/C19H23N3O/c1-14-7-5-9-16(20-14)12-11-15-8-6-10-17(13-15)21-18(23)22-19(2,3)4/h5-13H,1-4H3,(H2,21,22,23)/b12-11+. The number of benzene rings is 1. The second-order valence-electron chi connectivity index (χ2n) is 6.49. The number of anilines is 1. The summed E-state index contributed by atoms with van der Waals surface area (Å²) < 4.78 is 0. The molecule has 1 heterocycles. The smallest absolute Gasteiger partial charge is 0.319 e. The Morgan fingerprint density at radius 3 is 2.52 bits per heavy atom. The molecule has 1 aromatic carbocycles. The largest absolute Gasteiger partial charge is 0.333 e. The highest BCUT2D eigenvalue weighted by Crippen LogP contribution is 2.14. The Labute approximate surface area is 137 Å². The number of hydrogen-bond acceptors (Lipinski definition) is 2. The van der Waals surface area contributed by atoms with E-state index in [1.54, 1.807) is 0 Å². The van der Waals surface area contributed by atoms with Gasteiger partial charge in [-0.3, -0.25) is 4.98 Å². The van der Waals surface area contributed by atoms with Crippen LogP contribution in [0.15, 0.2) is 42.5 Å². The normalized spacial score (nSPS) is 11.5. The van der Waals surface area contributed by atoms with Crippen LogP contribution in [0.4, 0.5) is 10.5 Å². The molecule has 4 heteroatoms. The zero-order chi connectivity index (χ0) is 16.9. The summed E-state index contributed by atoms with van der Waals surface area (Å²) in [5.74, 6) is 0. The molecule has 4 nitrogen and oxygen atoms in total. The molecule has 2 rings (SSSR count). The van der Waals surface area contributed by atoms with Crippen LogP contribution >= 0.6 is 0 Å². The highest BCUT2D eigenvalue weighted by atomic mass is 16.2. The number of carbonyl (C=O) groups excluding carboxylic acids is 1. The second-order valence-corrected chi connectivity index (χ2v) is 6.49. The Bertz CT molecular complexity index is 715. The Morgan fingerprint density at radius 1 is 1.09 bits per heavy atom. The summed E-state index contributed by atoms with van der Waals surface area (Å²) in [6, 6.07) is 13.4. The summed E-state index contributed by atoms with van der Waals surface area (Å²) in [5, 5.41) is 5.72. The number of urea groups is 1. The predicted molar refractivity (Wildman–Crippen MR) is 96.3 cm³/mol. The molecule has 0 bridgehead atoms. The molecular weight excluding hydrogens is 286 g/mol. The lowest BCUT2D eigenvalue weighted by Gasteiger charge is -2.20. The first-order valence-electron chi connectivity index (χ1n) is 7.63. The van der Waals surface area contributed by atoms with Gasteiger partial charge in [-0.1, -0.05) is 24.3 Å². The van der Waals surface area contributed by atoms with Gasteiger partial charge in [0, 0.05) is 16.9 Å². The topological polar surface area (TPSA) is 54.0 Å². The first-order valence-corrected chi connectivity index (χ1v) is 7.63. The minimum atomic E-state index is -0.265. The van der Waals surface area contributed by atoms with Gasteiger partial charge in [0.05, 0.1) is 5.69 Å². The van der Waals surface area contributed by atoms with Crippen molar-refractivity contribution in [3.8, 4) is 0 Å². The van der Waals surface area contributed by atoms with Crippen LogP contribution in [0.3, 0.4) is 0 Å². The molecule has 0 aliphatic heterocycles. The maximum Gasteiger partial charge on any atom is 0.319 e. The number of aromatic nitrogens is 1. The monoisotopic (exact) mass is 309 g/mol. The van der Waals surface area contributed by atoms with Crippen molar-refractivity contribution in [2.45, 2.75) is 33.2 Å². The van der Waals surface area contributed by atoms with Gasteiger partial charge in [0.2, 0.25) is 0 Å². The molecule has 120 valence electrons. The maximum absolute atomic E-state index is 11.9. The number of nitrogens with zero attached hydrogens (tertiary/aromatic N) is 1. The van der Waals surface area contributed by atoms with E-state index < -0.39 is 0 Å². The van der Waals surface area contributed by atoms with Crippen molar-refractivity contribution >= 4 is 23.9 Å². The third-order valence-electron chi connectivity index (χ3n) is 2.99. The van der Waals surface area contributed by atoms with Crippen LogP contribution in [0.1, 0.15) is 37.7 Å². The third kappa shape index (κ3) is 5.94. The van der Waals surface area contributed by atoms with Gasteiger partial charge in [-0.25, -0.2) is 4.79 Å². The number of amides is 2. The molecule has 23 heavy (non-hydrogen) atoms. The predicted octanol–water partition coefficient (Wildman–Crippen LogP) is 4.48. The fourth-order valence-electron chi connectivity index (χ4n) is 2.06. The van der Waals surface area contributed by atoms with Crippen molar-refractivity contribution < 1.29 is 4.79 Å². The number of rotatable bonds is 3. The van der Waals surface area contributed by atoms with E-state index in [1.165, 1.54) is 0 Å². The van der Waals surface area contributed by atoms with Crippen molar-refractivity contribution in [1.82, 2.24) is 10.3 Å². The molecule has 2 N–H and O–H groups in total. The van der Waals surface area contributed by atoms with Crippen molar-refractivity contribution in [2.75, 3.05) is 5.32 Å². The SMILES string of the molecule is Cc1cccc(/C=C/c2cccc(NC(=O)NC(C)(C)C)c2)n1. The van der Waals surface area contributed by atoms with Gasteiger partial charge in [-0.15, -0.1) is 0 Å². The average Bonchev–Trinajstić information content (AvgIpc) is 2.43. The summed E-state index contributed by atoms with van der Waals surface area (Å²) >= 11 is 0.